The average Bonchev–Trinajstić information content (AvgIpc) is 2.99. The largest absolute Gasteiger partial charge is 0.216 e. The Morgan fingerprint density at radius 2 is 1.96 bits per heavy atom. The first-order chi connectivity index (χ1) is 11.2. The molecule has 4 heteroatoms. The van der Waals surface area contributed by atoms with Crippen LogP contribution in [-0.4, -0.2) is 15.0 Å². The molecule has 23 heavy (non-hydrogen) atoms. The normalized spacial score (nSPS) is 15.5. The van der Waals surface area contributed by atoms with Crippen LogP contribution >= 0.6 is 0 Å². The zero-order chi connectivity index (χ0) is 16.2. The third kappa shape index (κ3) is 3.44. The van der Waals surface area contributed by atoms with Crippen LogP contribution in [0.4, 0.5) is 0 Å². The van der Waals surface area contributed by atoms with Gasteiger partial charge in [-0.2, -0.15) is 5.26 Å². The van der Waals surface area contributed by atoms with Gasteiger partial charge in [0.05, 0.1) is 11.4 Å². The van der Waals surface area contributed by atoms with E-state index in [0.29, 0.717) is 5.69 Å². The molecule has 0 spiro atoms. The molecule has 1 aliphatic carbocycles. The van der Waals surface area contributed by atoms with Crippen molar-refractivity contribution >= 4 is 0 Å². The van der Waals surface area contributed by atoms with Gasteiger partial charge < -0.3 is 0 Å². The molecular weight excluding hydrogens is 284 g/mol. The van der Waals surface area contributed by atoms with Crippen molar-refractivity contribution < 1.29 is 0 Å². The van der Waals surface area contributed by atoms with Gasteiger partial charge in [0.25, 0.3) is 0 Å². The van der Waals surface area contributed by atoms with E-state index in [-0.39, 0.29) is 0 Å². The second kappa shape index (κ2) is 6.95. The number of nitrogens with zero attached hydrogens (tertiary/aromatic N) is 4. The van der Waals surface area contributed by atoms with Crippen LogP contribution in [0.3, 0.4) is 0 Å². The van der Waals surface area contributed by atoms with E-state index in [9.17, 15) is 5.26 Å². The van der Waals surface area contributed by atoms with Gasteiger partial charge in [-0.3, -0.25) is 0 Å². The van der Waals surface area contributed by atoms with Crippen molar-refractivity contribution in [3.05, 3.63) is 40.7 Å². The summed E-state index contributed by atoms with van der Waals surface area (Å²) in [7, 11) is 0. The van der Waals surface area contributed by atoms with Gasteiger partial charge >= 0.3 is 0 Å². The zero-order valence-corrected chi connectivity index (χ0v) is 14.0. The highest BCUT2D eigenvalue weighted by molar-refractivity contribution is 5.41. The molecule has 4 nitrogen and oxygen atoms in total. The summed E-state index contributed by atoms with van der Waals surface area (Å²) in [5.41, 5.74) is 4.92. The van der Waals surface area contributed by atoms with Crippen molar-refractivity contribution in [1.82, 2.24) is 15.0 Å². The Morgan fingerprint density at radius 1 is 1.17 bits per heavy atom. The summed E-state index contributed by atoms with van der Waals surface area (Å²) in [6.45, 7) is 4.20. The van der Waals surface area contributed by atoms with Crippen molar-refractivity contribution in [3.63, 3.8) is 0 Å². The van der Waals surface area contributed by atoms with Gasteiger partial charge in [0.2, 0.25) is 0 Å². The average molecular weight is 308 g/mol. The van der Waals surface area contributed by atoms with E-state index < -0.39 is 0 Å². The van der Waals surface area contributed by atoms with Crippen LogP contribution in [0, 0.1) is 31.1 Å². The number of benzene rings is 1. The lowest BCUT2D eigenvalue weighted by Gasteiger charge is -2.21. The summed E-state index contributed by atoms with van der Waals surface area (Å²) in [6, 6.07) is 8.48. The molecule has 120 valence electrons. The number of hydrogen-bond donors (Lipinski definition) is 0. The van der Waals surface area contributed by atoms with Crippen LogP contribution in [-0.2, 0) is 6.42 Å². The van der Waals surface area contributed by atoms with Crippen LogP contribution in [0.5, 0.6) is 0 Å². The Hall–Kier alpha value is -2.15. The van der Waals surface area contributed by atoms with Crippen molar-refractivity contribution in [2.24, 2.45) is 5.92 Å². The van der Waals surface area contributed by atoms with Gasteiger partial charge in [-0.15, -0.1) is 5.10 Å². The minimum Gasteiger partial charge on any atom is -0.216 e. The number of hydrogen-bond acceptors (Lipinski definition) is 3. The van der Waals surface area contributed by atoms with Crippen molar-refractivity contribution in [1.29, 1.82) is 5.26 Å². The third-order valence-electron chi connectivity index (χ3n) is 5.12. The molecule has 1 aromatic heterocycles. The molecule has 1 heterocycles. The Balaban J connectivity index is 1.84. The van der Waals surface area contributed by atoms with Gasteiger partial charge in [0.15, 0.2) is 5.69 Å². The van der Waals surface area contributed by atoms with Crippen molar-refractivity contribution in [2.45, 2.75) is 58.8 Å². The summed E-state index contributed by atoms with van der Waals surface area (Å²) >= 11 is 0. The summed E-state index contributed by atoms with van der Waals surface area (Å²) in [6.07, 6.45) is 8.75. The Kier molecular flexibility index (Phi) is 4.76. The number of nitriles is 1. The molecule has 0 aliphatic heterocycles. The maximum absolute atomic E-state index is 9.35. The van der Waals surface area contributed by atoms with E-state index in [1.165, 1.54) is 43.2 Å². The van der Waals surface area contributed by atoms with Crippen LogP contribution in [0.15, 0.2) is 18.2 Å². The lowest BCUT2D eigenvalue weighted by atomic mass is 9.85. The first-order valence-corrected chi connectivity index (χ1v) is 8.61. The van der Waals surface area contributed by atoms with Gasteiger partial charge in [0.1, 0.15) is 6.07 Å². The van der Waals surface area contributed by atoms with Crippen molar-refractivity contribution in [2.75, 3.05) is 0 Å². The molecule has 1 aliphatic rings. The van der Waals surface area contributed by atoms with E-state index in [1.807, 2.05) is 4.68 Å². The first kappa shape index (κ1) is 15.7. The molecule has 0 radical (unpaired) electrons. The lowest BCUT2D eigenvalue weighted by Crippen LogP contribution is -2.10. The summed E-state index contributed by atoms with van der Waals surface area (Å²) in [5, 5.41) is 17.7. The van der Waals surface area contributed by atoms with Crippen LogP contribution < -0.4 is 0 Å². The summed E-state index contributed by atoms with van der Waals surface area (Å²) in [5.74, 6) is 0.790. The molecule has 2 aromatic rings. The van der Waals surface area contributed by atoms with Gasteiger partial charge in [-0.25, -0.2) is 4.68 Å². The minimum atomic E-state index is 0.471. The van der Waals surface area contributed by atoms with Crippen LogP contribution in [0.25, 0.3) is 5.69 Å². The molecule has 0 N–H and O–H groups in total. The summed E-state index contributed by atoms with van der Waals surface area (Å²) < 4.78 is 1.85. The molecule has 0 bridgehead atoms. The van der Waals surface area contributed by atoms with Crippen LogP contribution in [0.2, 0.25) is 0 Å². The van der Waals surface area contributed by atoms with Gasteiger partial charge in [-0.05, 0) is 55.9 Å². The highest BCUT2D eigenvalue weighted by Crippen LogP contribution is 2.28. The van der Waals surface area contributed by atoms with Crippen molar-refractivity contribution in [3.8, 4) is 11.8 Å². The second-order valence-corrected chi connectivity index (χ2v) is 6.72. The van der Waals surface area contributed by atoms with Crippen LogP contribution in [0.1, 0.15) is 61.0 Å². The topological polar surface area (TPSA) is 54.5 Å². The SMILES string of the molecule is Cc1ccc(-n2nnc(C#N)c2CCC2CCCCC2)cc1C. The monoisotopic (exact) mass is 308 g/mol. The Morgan fingerprint density at radius 3 is 2.65 bits per heavy atom. The molecular formula is C19H24N4. The smallest absolute Gasteiger partial charge is 0.186 e. The standard InChI is InChI=1S/C19H24N4/c1-14-8-10-17(12-15(14)2)23-19(18(13-20)21-22-23)11-9-16-6-4-3-5-7-16/h8,10,12,16H,3-7,9,11H2,1-2H3. The lowest BCUT2D eigenvalue weighted by molar-refractivity contribution is 0.337. The molecule has 0 atom stereocenters. The molecule has 3 rings (SSSR count). The molecule has 0 unspecified atom stereocenters. The zero-order valence-electron chi connectivity index (χ0n) is 14.0. The predicted molar refractivity (Wildman–Crippen MR) is 90.4 cm³/mol. The van der Waals surface area contributed by atoms with E-state index in [1.54, 1.807) is 0 Å². The summed E-state index contributed by atoms with van der Waals surface area (Å²) in [4.78, 5) is 0. The van der Waals surface area contributed by atoms with E-state index in [2.05, 4.69) is 48.4 Å². The Labute approximate surface area is 138 Å². The third-order valence-corrected chi connectivity index (χ3v) is 5.12. The number of aromatic nitrogens is 3. The minimum absolute atomic E-state index is 0.471. The maximum atomic E-state index is 9.35. The number of rotatable bonds is 4. The molecule has 1 fully saturated rings. The number of aryl methyl sites for hydroxylation is 2. The predicted octanol–water partition coefficient (Wildman–Crippen LogP) is 4.27. The molecule has 0 amide bonds. The highest BCUT2D eigenvalue weighted by Gasteiger charge is 2.18. The van der Waals surface area contributed by atoms with Gasteiger partial charge in [0, 0.05) is 0 Å². The Bertz CT molecular complexity index is 717. The fourth-order valence-electron chi connectivity index (χ4n) is 3.49. The fourth-order valence-corrected chi connectivity index (χ4v) is 3.49. The van der Waals surface area contributed by atoms with E-state index in [0.717, 1.165) is 30.1 Å². The molecule has 1 aromatic carbocycles. The highest BCUT2D eigenvalue weighted by atomic mass is 15.4. The maximum Gasteiger partial charge on any atom is 0.186 e. The first-order valence-electron chi connectivity index (χ1n) is 8.61. The van der Waals surface area contributed by atoms with E-state index >= 15 is 0 Å². The molecule has 0 saturated heterocycles. The molecule has 1 saturated carbocycles. The second-order valence-electron chi connectivity index (χ2n) is 6.72. The quantitative estimate of drug-likeness (QED) is 0.847. The van der Waals surface area contributed by atoms with E-state index in [4.69, 9.17) is 0 Å². The fraction of sp³-hybridized carbons (Fsp3) is 0.526. The van der Waals surface area contributed by atoms with Gasteiger partial charge in [-0.1, -0.05) is 43.4 Å².